The van der Waals surface area contributed by atoms with Gasteiger partial charge in [-0.15, -0.1) is 0 Å². The number of sulfonamides is 1. The molecule has 0 aliphatic carbocycles. The summed E-state index contributed by atoms with van der Waals surface area (Å²) in [5, 5.41) is 0. The van der Waals surface area contributed by atoms with Crippen LogP contribution in [0.15, 0.2) is 23.1 Å². The molecular formula is C21H36N3O3S+. The van der Waals surface area contributed by atoms with E-state index >= 15 is 0 Å². The van der Waals surface area contributed by atoms with Crippen LogP contribution in [0.4, 0.5) is 0 Å². The minimum absolute atomic E-state index is 0.144. The number of amides is 1. The Hall–Kier alpha value is -1.44. The standard InChI is InChI=1S/C21H35N3O3S/c1-15(2)24(16(3)4)21(25)19(7)22-10-12-23(13-11-22)28(26,27)20-14-17(5)8-9-18(20)6/h8-9,14-16,19H,10-13H2,1-7H3/p+1/t19-/m0/s1. The highest BCUT2D eigenvalue weighted by atomic mass is 32.2. The zero-order valence-corrected chi connectivity index (χ0v) is 19.1. The van der Waals surface area contributed by atoms with Crippen molar-refractivity contribution in [2.45, 2.75) is 71.5 Å². The molecule has 0 aromatic heterocycles. The van der Waals surface area contributed by atoms with E-state index in [9.17, 15) is 13.2 Å². The summed E-state index contributed by atoms with van der Waals surface area (Å²) in [6.45, 7) is 16.0. The molecule has 1 fully saturated rings. The fourth-order valence-corrected chi connectivity index (χ4v) is 5.83. The van der Waals surface area contributed by atoms with Crippen LogP contribution in [0, 0.1) is 13.8 Å². The number of nitrogens with one attached hydrogen (secondary N) is 1. The number of rotatable bonds is 6. The van der Waals surface area contributed by atoms with E-state index in [1.165, 1.54) is 0 Å². The summed E-state index contributed by atoms with van der Waals surface area (Å²) in [6.07, 6.45) is 0. The fourth-order valence-electron chi connectivity index (χ4n) is 4.07. The van der Waals surface area contributed by atoms with Gasteiger partial charge in [0.2, 0.25) is 10.0 Å². The Bertz CT molecular complexity index is 789. The lowest BCUT2D eigenvalue weighted by Crippen LogP contribution is -3.19. The van der Waals surface area contributed by atoms with E-state index in [0.29, 0.717) is 31.1 Å². The zero-order chi connectivity index (χ0) is 21.2. The Labute approximate surface area is 170 Å². The van der Waals surface area contributed by atoms with Crippen LogP contribution in [0.2, 0.25) is 0 Å². The fraction of sp³-hybridized carbons (Fsp3) is 0.667. The average Bonchev–Trinajstić information content (AvgIpc) is 2.62. The molecule has 0 radical (unpaired) electrons. The molecule has 2 rings (SSSR count). The largest absolute Gasteiger partial charge is 0.333 e. The van der Waals surface area contributed by atoms with Crippen molar-refractivity contribution >= 4 is 15.9 Å². The minimum Gasteiger partial charge on any atom is -0.333 e. The normalized spacial score (nSPS) is 17.9. The number of benzene rings is 1. The molecule has 0 spiro atoms. The molecule has 1 N–H and O–H groups in total. The third-order valence-electron chi connectivity index (χ3n) is 5.68. The minimum atomic E-state index is -3.50. The maximum Gasteiger partial charge on any atom is 0.281 e. The third-order valence-corrected chi connectivity index (χ3v) is 7.72. The van der Waals surface area contributed by atoms with Crippen LogP contribution < -0.4 is 4.90 Å². The molecule has 1 aliphatic heterocycles. The van der Waals surface area contributed by atoms with Gasteiger partial charge in [-0.25, -0.2) is 8.42 Å². The Kier molecular flexibility index (Phi) is 7.28. The summed E-state index contributed by atoms with van der Waals surface area (Å²) >= 11 is 0. The summed E-state index contributed by atoms with van der Waals surface area (Å²) in [7, 11) is -3.50. The van der Waals surface area contributed by atoms with Gasteiger partial charge in [0.05, 0.1) is 31.1 Å². The molecule has 1 amide bonds. The molecule has 1 aromatic carbocycles. The summed E-state index contributed by atoms with van der Waals surface area (Å²) in [6, 6.07) is 5.67. The van der Waals surface area contributed by atoms with Crippen LogP contribution in [-0.4, -0.2) is 67.8 Å². The lowest BCUT2D eigenvalue weighted by atomic mass is 10.1. The maximum absolute atomic E-state index is 13.1. The van der Waals surface area contributed by atoms with Crippen molar-refractivity contribution in [1.29, 1.82) is 0 Å². The molecule has 1 heterocycles. The van der Waals surface area contributed by atoms with Gasteiger partial charge in [0.15, 0.2) is 6.04 Å². The molecule has 1 atom stereocenters. The summed E-state index contributed by atoms with van der Waals surface area (Å²) in [5.74, 6) is 0.144. The smallest absolute Gasteiger partial charge is 0.281 e. The van der Waals surface area contributed by atoms with Gasteiger partial charge in [0.25, 0.3) is 5.91 Å². The van der Waals surface area contributed by atoms with Crippen molar-refractivity contribution < 1.29 is 18.1 Å². The highest BCUT2D eigenvalue weighted by Gasteiger charge is 2.37. The van der Waals surface area contributed by atoms with Crippen molar-refractivity contribution in [1.82, 2.24) is 9.21 Å². The number of carbonyl (C=O) groups is 1. The Morgan fingerprint density at radius 2 is 1.57 bits per heavy atom. The monoisotopic (exact) mass is 410 g/mol. The lowest BCUT2D eigenvalue weighted by molar-refractivity contribution is -0.918. The highest BCUT2D eigenvalue weighted by molar-refractivity contribution is 7.89. The van der Waals surface area contributed by atoms with Crippen LogP contribution in [0.5, 0.6) is 0 Å². The highest BCUT2D eigenvalue weighted by Crippen LogP contribution is 2.21. The van der Waals surface area contributed by atoms with Gasteiger partial charge in [-0.05, 0) is 65.7 Å². The molecule has 1 aliphatic rings. The van der Waals surface area contributed by atoms with Gasteiger partial charge in [-0.2, -0.15) is 4.31 Å². The van der Waals surface area contributed by atoms with Crippen molar-refractivity contribution in [3.8, 4) is 0 Å². The second kappa shape index (κ2) is 8.93. The van der Waals surface area contributed by atoms with E-state index in [1.807, 2.05) is 65.5 Å². The number of hydrogen-bond acceptors (Lipinski definition) is 3. The predicted molar refractivity (Wildman–Crippen MR) is 112 cm³/mol. The van der Waals surface area contributed by atoms with Crippen molar-refractivity contribution in [2.24, 2.45) is 0 Å². The Morgan fingerprint density at radius 3 is 2.07 bits per heavy atom. The van der Waals surface area contributed by atoms with E-state index in [4.69, 9.17) is 0 Å². The molecule has 0 unspecified atom stereocenters. The molecular weight excluding hydrogens is 374 g/mol. The molecule has 0 bridgehead atoms. The average molecular weight is 411 g/mol. The maximum atomic E-state index is 13.1. The van der Waals surface area contributed by atoms with Crippen LogP contribution in [0.1, 0.15) is 45.7 Å². The van der Waals surface area contributed by atoms with E-state index in [0.717, 1.165) is 16.0 Å². The van der Waals surface area contributed by atoms with Gasteiger partial charge < -0.3 is 9.80 Å². The second-order valence-corrected chi connectivity index (χ2v) is 10.4. The first-order valence-electron chi connectivity index (χ1n) is 10.2. The summed E-state index contributed by atoms with van der Waals surface area (Å²) in [5.41, 5.74) is 1.71. The number of carbonyl (C=O) groups excluding carboxylic acids is 1. The SMILES string of the molecule is Cc1ccc(C)c(S(=O)(=O)N2CC[NH+]([C@@H](C)C(=O)N(C(C)C)C(C)C)CC2)c1. The zero-order valence-electron chi connectivity index (χ0n) is 18.3. The Balaban J connectivity index is 2.09. The Morgan fingerprint density at radius 1 is 1.04 bits per heavy atom. The van der Waals surface area contributed by atoms with Crippen molar-refractivity contribution in [3.63, 3.8) is 0 Å². The van der Waals surface area contributed by atoms with Gasteiger partial charge in [0, 0.05) is 12.1 Å². The number of hydrogen-bond donors (Lipinski definition) is 1. The van der Waals surface area contributed by atoms with Crippen molar-refractivity contribution in [2.75, 3.05) is 26.2 Å². The second-order valence-electron chi connectivity index (χ2n) is 8.49. The molecule has 28 heavy (non-hydrogen) atoms. The number of quaternary nitrogens is 1. The quantitative estimate of drug-likeness (QED) is 0.767. The van der Waals surface area contributed by atoms with E-state index in [-0.39, 0.29) is 24.0 Å². The van der Waals surface area contributed by atoms with Gasteiger partial charge >= 0.3 is 0 Å². The number of piperazine rings is 1. The van der Waals surface area contributed by atoms with Crippen LogP contribution in [0.25, 0.3) is 0 Å². The lowest BCUT2D eigenvalue weighted by Gasteiger charge is -2.38. The van der Waals surface area contributed by atoms with E-state index in [1.54, 1.807) is 10.4 Å². The third kappa shape index (κ3) is 4.75. The first-order chi connectivity index (χ1) is 13.0. The van der Waals surface area contributed by atoms with Crippen LogP contribution in [-0.2, 0) is 14.8 Å². The van der Waals surface area contributed by atoms with Crippen LogP contribution in [0.3, 0.4) is 0 Å². The van der Waals surface area contributed by atoms with E-state index < -0.39 is 10.0 Å². The van der Waals surface area contributed by atoms with Crippen LogP contribution >= 0.6 is 0 Å². The van der Waals surface area contributed by atoms with Gasteiger partial charge in [0.1, 0.15) is 0 Å². The molecule has 1 saturated heterocycles. The molecule has 158 valence electrons. The van der Waals surface area contributed by atoms with Gasteiger partial charge in [-0.1, -0.05) is 12.1 Å². The predicted octanol–water partition coefficient (Wildman–Crippen LogP) is 1.23. The first-order valence-corrected chi connectivity index (χ1v) is 11.6. The molecule has 7 heteroatoms. The van der Waals surface area contributed by atoms with E-state index in [2.05, 4.69) is 0 Å². The molecule has 0 saturated carbocycles. The topological polar surface area (TPSA) is 62.1 Å². The summed E-state index contributed by atoms with van der Waals surface area (Å²) < 4.78 is 27.8. The molecule has 6 nitrogen and oxygen atoms in total. The summed E-state index contributed by atoms with van der Waals surface area (Å²) in [4.78, 5) is 16.5. The van der Waals surface area contributed by atoms with Crippen molar-refractivity contribution in [3.05, 3.63) is 29.3 Å². The van der Waals surface area contributed by atoms with Gasteiger partial charge in [-0.3, -0.25) is 4.79 Å². The first kappa shape index (κ1) is 22.8. The number of aryl methyl sites for hydroxylation is 2. The molecule has 1 aromatic rings. The number of nitrogens with zero attached hydrogens (tertiary/aromatic N) is 2.